The Morgan fingerprint density at radius 1 is 1.20 bits per heavy atom. The lowest BCUT2D eigenvalue weighted by Crippen LogP contribution is -2.08. The second-order valence-corrected chi connectivity index (χ2v) is 4.72. The fraction of sp³-hybridized carbons (Fsp3) is 0.312. The molecule has 3 N–H and O–H groups in total. The van der Waals surface area contributed by atoms with E-state index >= 15 is 0 Å². The maximum Gasteiger partial charge on any atom is 0.102 e. The van der Waals surface area contributed by atoms with E-state index in [0.29, 0.717) is 18.9 Å². The van der Waals surface area contributed by atoms with Crippen molar-refractivity contribution in [3.05, 3.63) is 59.9 Å². The van der Waals surface area contributed by atoms with E-state index in [4.69, 9.17) is 10.5 Å². The highest BCUT2D eigenvalue weighted by molar-refractivity contribution is 5.41. The normalized spacial score (nSPS) is 12.2. The first kappa shape index (κ1) is 14.5. The number of rotatable bonds is 7. The molecule has 0 spiro atoms. The van der Waals surface area contributed by atoms with Gasteiger partial charge in [-0.25, -0.2) is 0 Å². The quantitative estimate of drug-likeness (QED) is 0.599. The van der Waals surface area contributed by atoms with Crippen molar-refractivity contribution in [2.24, 2.45) is 0 Å². The third kappa shape index (κ3) is 4.64. The molecule has 0 amide bonds. The Balaban J connectivity index is 1.66. The first-order valence-electron chi connectivity index (χ1n) is 6.76. The van der Waals surface area contributed by atoms with E-state index in [9.17, 15) is 5.11 Å². The van der Waals surface area contributed by atoms with Gasteiger partial charge in [-0.1, -0.05) is 12.1 Å². The zero-order valence-electron chi connectivity index (χ0n) is 11.4. The molecule has 4 heteroatoms. The molecule has 0 fully saturated rings. The molecule has 0 saturated heterocycles. The van der Waals surface area contributed by atoms with Gasteiger partial charge in [-0.15, -0.1) is 0 Å². The first-order valence-corrected chi connectivity index (χ1v) is 6.76. The molecule has 0 saturated carbocycles. The van der Waals surface area contributed by atoms with Gasteiger partial charge in [0.05, 0.1) is 6.61 Å². The van der Waals surface area contributed by atoms with Crippen molar-refractivity contribution in [3.63, 3.8) is 0 Å². The van der Waals surface area contributed by atoms with Gasteiger partial charge in [0, 0.05) is 24.7 Å². The highest BCUT2D eigenvalue weighted by Crippen LogP contribution is 2.16. The number of aliphatic hydroxyl groups is 1. The number of anilines is 1. The predicted octanol–water partition coefficient (Wildman–Crippen LogP) is 2.35. The van der Waals surface area contributed by atoms with Gasteiger partial charge >= 0.3 is 0 Å². The van der Waals surface area contributed by atoms with E-state index in [1.165, 1.54) is 5.56 Å². The van der Waals surface area contributed by atoms with Crippen LogP contribution < -0.4 is 5.73 Å². The van der Waals surface area contributed by atoms with Gasteiger partial charge in [-0.3, -0.25) is 4.98 Å². The third-order valence-electron chi connectivity index (χ3n) is 3.07. The SMILES string of the molecule is Nc1cccc(C(O)COCCCc2ccncc2)c1. The summed E-state index contributed by atoms with van der Waals surface area (Å²) >= 11 is 0. The van der Waals surface area contributed by atoms with Gasteiger partial charge < -0.3 is 15.6 Å². The molecule has 1 unspecified atom stereocenters. The highest BCUT2D eigenvalue weighted by atomic mass is 16.5. The molecular weight excluding hydrogens is 252 g/mol. The topological polar surface area (TPSA) is 68.4 Å². The average Bonchev–Trinajstić information content (AvgIpc) is 2.48. The fourth-order valence-electron chi connectivity index (χ4n) is 1.99. The minimum absolute atomic E-state index is 0.291. The van der Waals surface area contributed by atoms with Crippen LogP contribution in [-0.4, -0.2) is 23.3 Å². The van der Waals surface area contributed by atoms with Crippen LogP contribution in [0.25, 0.3) is 0 Å². The molecule has 1 atom stereocenters. The van der Waals surface area contributed by atoms with E-state index in [0.717, 1.165) is 18.4 Å². The maximum atomic E-state index is 9.97. The molecule has 1 aromatic carbocycles. The third-order valence-corrected chi connectivity index (χ3v) is 3.07. The molecule has 1 heterocycles. The second-order valence-electron chi connectivity index (χ2n) is 4.72. The zero-order chi connectivity index (χ0) is 14.2. The average molecular weight is 272 g/mol. The van der Waals surface area contributed by atoms with Crippen molar-refractivity contribution in [1.82, 2.24) is 4.98 Å². The number of ether oxygens (including phenoxy) is 1. The number of benzene rings is 1. The summed E-state index contributed by atoms with van der Waals surface area (Å²) < 4.78 is 5.51. The number of nitrogen functional groups attached to an aromatic ring is 1. The van der Waals surface area contributed by atoms with E-state index in [1.807, 2.05) is 24.3 Å². The van der Waals surface area contributed by atoms with Gasteiger partial charge in [0.25, 0.3) is 0 Å². The number of aryl methyl sites for hydroxylation is 1. The van der Waals surface area contributed by atoms with Crippen molar-refractivity contribution < 1.29 is 9.84 Å². The summed E-state index contributed by atoms with van der Waals surface area (Å²) in [6.07, 6.45) is 4.84. The Hall–Kier alpha value is -1.91. The standard InChI is InChI=1S/C16H20N2O2/c17-15-5-1-4-14(11-15)16(19)12-20-10-2-3-13-6-8-18-9-7-13/h1,4-9,11,16,19H,2-3,10,12,17H2. The number of hydrogen-bond acceptors (Lipinski definition) is 4. The number of aromatic nitrogens is 1. The predicted molar refractivity (Wildman–Crippen MR) is 79.2 cm³/mol. The van der Waals surface area contributed by atoms with Crippen LogP contribution in [-0.2, 0) is 11.2 Å². The van der Waals surface area contributed by atoms with Crippen molar-refractivity contribution in [2.45, 2.75) is 18.9 Å². The summed E-state index contributed by atoms with van der Waals surface area (Å²) in [5, 5.41) is 9.97. The van der Waals surface area contributed by atoms with E-state index in [2.05, 4.69) is 4.98 Å². The summed E-state index contributed by atoms with van der Waals surface area (Å²) in [4.78, 5) is 3.98. The molecular formula is C16H20N2O2. The Morgan fingerprint density at radius 2 is 2.00 bits per heavy atom. The van der Waals surface area contributed by atoms with Crippen LogP contribution in [0.4, 0.5) is 5.69 Å². The molecule has 1 aromatic heterocycles. The number of pyridine rings is 1. The molecule has 0 aliphatic carbocycles. The largest absolute Gasteiger partial charge is 0.399 e. The summed E-state index contributed by atoms with van der Waals surface area (Å²) in [7, 11) is 0. The highest BCUT2D eigenvalue weighted by Gasteiger charge is 2.07. The fourth-order valence-corrected chi connectivity index (χ4v) is 1.99. The van der Waals surface area contributed by atoms with Crippen LogP contribution in [0.2, 0.25) is 0 Å². The van der Waals surface area contributed by atoms with Gasteiger partial charge in [0.1, 0.15) is 6.10 Å². The maximum absolute atomic E-state index is 9.97. The Bertz CT molecular complexity index is 517. The van der Waals surface area contributed by atoms with Crippen LogP contribution in [0.3, 0.4) is 0 Å². The summed E-state index contributed by atoms with van der Waals surface area (Å²) in [5.41, 5.74) is 8.37. The Morgan fingerprint density at radius 3 is 2.75 bits per heavy atom. The van der Waals surface area contributed by atoms with Gasteiger partial charge in [0.2, 0.25) is 0 Å². The smallest absolute Gasteiger partial charge is 0.102 e. The summed E-state index contributed by atoms with van der Waals surface area (Å²) in [6, 6.07) is 11.2. The van der Waals surface area contributed by atoms with Gasteiger partial charge in [0.15, 0.2) is 0 Å². The van der Waals surface area contributed by atoms with Crippen LogP contribution in [0, 0.1) is 0 Å². The van der Waals surface area contributed by atoms with Crippen LogP contribution in [0.1, 0.15) is 23.7 Å². The molecule has 0 aliphatic rings. The van der Waals surface area contributed by atoms with E-state index in [1.54, 1.807) is 24.5 Å². The zero-order valence-corrected chi connectivity index (χ0v) is 11.4. The van der Waals surface area contributed by atoms with Crippen LogP contribution >= 0.6 is 0 Å². The van der Waals surface area contributed by atoms with Crippen molar-refractivity contribution >= 4 is 5.69 Å². The number of nitrogens with zero attached hydrogens (tertiary/aromatic N) is 1. The summed E-state index contributed by atoms with van der Waals surface area (Å²) in [5.74, 6) is 0. The molecule has 20 heavy (non-hydrogen) atoms. The van der Waals surface area contributed by atoms with Gasteiger partial charge in [-0.05, 0) is 48.2 Å². The lowest BCUT2D eigenvalue weighted by molar-refractivity contribution is 0.0352. The lowest BCUT2D eigenvalue weighted by atomic mass is 10.1. The number of nitrogens with two attached hydrogens (primary N) is 1. The minimum atomic E-state index is -0.626. The lowest BCUT2D eigenvalue weighted by Gasteiger charge is -2.12. The Kier molecular flexibility index (Phi) is 5.53. The van der Waals surface area contributed by atoms with Crippen LogP contribution in [0.5, 0.6) is 0 Å². The second kappa shape index (κ2) is 7.62. The first-order chi connectivity index (χ1) is 9.75. The molecule has 2 aromatic rings. The van der Waals surface area contributed by atoms with Crippen molar-refractivity contribution in [1.29, 1.82) is 0 Å². The van der Waals surface area contributed by atoms with Crippen molar-refractivity contribution in [3.8, 4) is 0 Å². The van der Waals surface area contributed by atoms with Gasteiger partial charge in [-0.2, -0.15) is 0 Å². The van der Waals surface area contributed by atoms with Crippen LogP contribution in [0.15, 0.2) is 48.8 Å². The molecule has 2 rings (SSSR count). The Labute approximate surface area is 119 Å². The monoisotopic (exact) mass is 272 g/mol. The number of hydrogen-bond donors (Lipinski definition) is 2. The van der Waals surface area contributed by atoms with E-state index < -0.39 is 6.10 Å². The molecule has 4 nitrogen and oxygen atoms in total. The molecule has 0 bridgehead atoms. The molecule has 0 aliphatic heterocycles. The van der Waals surface area contributed by atoms with E-state index in [-0.39, 0.29) is 0 Å². The minimum Gasteiger partial charge on any atom is -0.399 e. The number of aliphatic hydroxyl groups excluding tert-OH is 1. The summed E-state index contributed by atoms with van der Waals surface area (Å²) in [6.45, 7) is 0.918. The molecule has 0 radical (unpaired) electrons. The molecule has 106 valence electrons. The van der Waals surface area contributed by atoms with Crippen molar-refractivity contribution in [2.75, 3.05) is 18.9 Å².